The van der Waals surface area contributed by atoms with Gasteiger partial charge in [-0.15, -0.1) is 0 Å². The monoisotopic (exact) mass is 356 g/mol. The van der Waals surface area contributed by atoms with Gasteiger partial charge in [-0.1, -0.05) is 0 Å². The Labute approximate surface area is 154 Å². The van der Waals surface area contributed by atoms with Crippen molar-refractivity contribution >= 4 is 11.9 Å². The van der Waals surface area contributed by atoms with E-state index in [0.717, 1.165) is 49.6 Å². The first-order valence-electron chi connectivity index (χ1n) is 10.2. The first kappa shape index (κ1) is 16.5. The van der Waals surface area contributed by atoms with Crippen LogP contribution in [0.4, 0.5) is 5.95 Å². The summed E-state index contributed by atoms with van der Waals surface area (Å²) in [4.78, 5) is 20.8. The summed E-state index contributed by atoms with van der Waals surface area (Å²) in [6.45, 7) is 0. The van der Waals surface area contributed by atoms with Crippen LogP contribution in [-0.4, -0.2) is 34.1 Å². The molecule has 26 heavy (non-hydrogen) atoms. The number of carbonyl (C=O) groups is 1. The highest BCUT2D eigenvalue weighted by molar-refractivity contribution is 5.93. The molecular formula is C20H28N4O2. The number of primary amides is 1. The van der Waals surface area contributed by atoms with Crippen molar-refractivity contribution in [3.05, 3.63) is 17.5 Å². The van der Waals surface area contributed by atoms with E-state index >= 15 is 0 Å². The van der Waals surface area contributed by atoms with Crippen molar-refractivity contribution in [2.45, 2.75) is 76.0 Å². The lowest BCUT2D eigenvalue weighted by Crippen LogP contribution is -2.51. The lowest BCUT2D eigenvalue weighted by atomic mass is 9.47. The van der Waals surface area contributed by atoms with E-state index in [1.807, 2.05) is 0 Å². The van der Waals surface area contributed by atoms with E-state index in [4.69, 9.17) is 10.5 Å². The second-order valence-electron chi connectivity index (χ2n) is 8.73. The van der Waals surface area contributed by atoms with E-state index in [9.17, 15) is 4.79 Å². The minimum absolute atomic E-state index is 0.387. The molecule has 5 saturated carbocycles. The molecule has 5 aliphatic rings. The topological polar surface area (TPSA) is 90.1 Å². The third kappa shape index (κ3) is 3.20. The number of ether oxygens (including phenoxy) is 1. The van der Waals surface area contributed by atoms with Gasteiger partial charge in [0, 0.05) is 12.2 Å². The summed E-state index contributed by atoms with van der Waals surface area (Å²) in [6, 6.07) is 0.387. The van der Waals surface area contributed by atoms with Gasteiger partial charge in [0.05, 0.1) is 23.5 Å². The molecule has 0 radical (unpaired) electrons. The molecule has 0 aliphatic heterocycles. The third-order valence-corrected chi connectivity index (χ3v) is 6.90. The molecule has 5 fully saturated rings. The molecule has 0 aromatic carbocycles. The molecule has 2 bridgehead atoms. The Hall–Kier alpha value is -1.69. The zero-order chi connectivity index (χ0) is 17.7. The second-order valence-corrected chi connectivity index (χ2v) is 8.73. The Morgan fingerprint density at radius 1 is 1.12 bits per heavy atom. The summed E-state index contributed by atoms with van der Waals surface area (Å²) < 4.78 is 6.03. The molecule has 1 aromatic rings. The SMILES string of the molecule is NC(=O)c1cnc(NC2CCC(OC3CC3)CC2)nc1CC1C2CC1C2. The molecule has 6 heteroatoms. The van der Waals surface area contributed by atoms with Gasteiger partial charge in [0.15, 0.2) is 0 Å². The minimum Gasteiger partial charge on any atom is -0.375 e. The van der Waals surface area contributed by atoms with Crippen molar-refractivity contribution in [2.75, 3.05) is 5.32 Å². The van der Waals surface area contributed by atoms with Gasteiger partial charge < -0.3 is 15.8 Å². The van der Waals surface area contributed by atoms with Crippen LogP contribution in [0, 0.1) is 17.8 Å². The van der Waals surface area contributed by atoms with Gasteiger partial charge in [-0.05, 0) is 75.5 Å². The molecule has 3 N–H and O–H groups in total. The number of nitrogens with one attached hydrogen (secondary N) is 1. The number of hydrogen-bond donors (Lipinski definition) is 2. The summed E-state index contributed by atoms with van der Waals surface area (Å²) in [5.74, 6) is 2.61. The number of carbonyl (C=O) groups excluding carboxylic acids is 1. The normalized spacial score (nSPS) is 35.3. The summed E-state index contributed by atoms with van der Waals surface area (Å²) in [6.07, 6.45) is 13.0. The van der Waals surface area contributed by atoms with Gasteiger partial charge in [-0.25, -0.2) is 9.97 Å². The summed E-state index contributed by atoms with van der Waals surface area (Å²) in [5, 5.41) is 3.48. The highest BCUT2D eigenvalue weighted by Crippen LogP contribution is 2.59. The van der Waals surface area contributed by atoms with Crippen molar-refractivity contribution in [1.29, 1.82) is 0 Å². The van der Waals surface area contributed by atoms with Gasteiger partial charge >= 0.3 is 0 Å². The van der Waals surface area contributed by atoms with E-state index < -0.39 is 5.91 Å². The van der Waals surface area contributed by atoms with Crippen molar-refractivity contribution < 1.29 is 9.53 Å². The molecule has 0 saturated heterocycles. The summed E-state index contributed by atoms with van der Waals surface area (Å²) >= 11 is 0. The molecular weight excluding hydrogens is 328 g/mol. The third-order valence-electron chi connectivity index (χ3n) is 6.90. The van der Waals surface area contributed by atoms with Gasteiger partial charge in [0.2, 0.25) is 5.95 Å². The largest absolute Gasteiger partial charge is 0.375 e. The molecule has 0 unspecified atom stereocenters. The second kappa shape index (κ2) is 6.48. The van der Waals surface area contributed by atoms with Gasteiger partial charge in [0.25, 0.3) is 5.91 Å². The highest BCUT2D eigenvalue weighted by Gasteiger charge is 2.52. The maximum absolute atomic E-state index is 11.7. The zero-order valence-corrected chi connectivity index (χ0v) is 15.2. The number of amides is 1. The predicted octanol–water partition coefficient (Wildman–Crippen LogP) is 2.68. The zero-order valence-electron chi connectivity index (χ0n) is 15.2. The maximum atomic E-state index is 11.7. The molecule has 6 rings (SSSR count). The van der Waals surface area contributed by atoms with Crippen LogP contribution in [-0.2, 0) is 11.2 Å². The number of nitrogens with two attached hydrogens (primary N) is 1. The van der Waals surface area contributed by atoms with Crippen LogP contribution in [0.3, 0.4) is 0 Å². The van der Waals surface area contributed by atoms with Gasteiger partial charge in [-0.2, -0.15) is 0 Å². The fraction of sp³-hybridized carbons (Fsp3) is 0.750. The number of anilines is 1. The maximum Gasteiger partial charge on any atom is 0.252 e. The van der Waals surface area contributed by atoms with Crippen LogP contribution in [0.5, 0.6) is 0 Å². The fourth-order valence-electron chi connectivity index (χ4n) is 4.81. The lowest BCUT2D eigenvalue weighted by molar-refractivity contribution is -0.0800. The molecule has 6 nitrogen and oxygen atoms in total. The highest BCUT2D eigenvalue weighted by atomic mass is 16.5. The van der Waals surface area contributed by atoms with Crippen molar-refractivity contribution in [3.8, 4) is 0 Å². The number of aromatic nitrogens is 2. The Morgan fingerprint density at radius 3 is 2.31 bits per heavy atom. The van der Waals surface area contributed by atoms with E-state index in [2.05, 4.69) is 15.3 Å². The number of rotatable bonds is 7. The van der Waals surface area contributed by atoms with Gasteiger partial charge in [0.1, 0.15) is 0 Å². The van der Waals surface area contributed by atoms with Crippen LogP contribution in [0.25, 0.3) is 0 Å². The quantitative estimate of drug-likeness (QED) is 0.784. The average Bonchev–Trinajstić information content (AvgIpc) is 3.36. The van der Waals surface area contributed by atoms with Crippen LogP contribution in [0.15, 0.2) is 6.20 Å². The molecule has 1 amide bonds. The number of nitrogens with zero attached hydrogens (tertiary/aromatic N) is 2. The average molecular weight is 356 g/mol. The van der Waals surface area contributed by atoms with Crippen LogP contribution in [0.2, 0.25) is 0 Å². The van der Waals surface area contributed by atoms with Crippen molar-refractivity contribution in [3.63, 3.8) is 0 Å². The molecule has 140 valence electrons. The lowest BCUT2D eigenvalue weighted by Gasteiger charge is -2.58. The van der Waals surface area contributed by atoms with Crippen LogP contribution < -0.4 is 11.1 Å². The Bertz CT molecular complexity index is 683. The summed E-state index contributed by atoms with van der Waals surface area (Å²) in [7, 11) is 0. The Kier molecular flexibility index (Phi) is 4.11. The molecule has 1 aromatic heterocycles. The van der Waals surface area contributed by atoms with E-state index in [1.54, 1.807) is 6.20 Å². The smallest absolute Gasteiger partial charge is 0.252 e. The van der Waals surface area contributed by atoms with E-state index in [-0.39, 0.29) is 0 Å². The molecule has 0 spiro atoms. The fourth-order valence-corrected chi connectivity index (χ4v) is 4.81. The predicted molar refractivity (Wildman–Crippen MR) is 97.7 cm³/mol. The van der Waals surface area contributed by atoms with Crippen molar-refractivity contribution in [2.24, 2.45) is 23.5 Å². The Morgan fingerprint density at radius 2 is 1.77 bits per heavy atom. The van der Waals surface area contributed by atoms with Crippen molar-refractivity contribution in [1.82, 2.24) is 9.97 Å². The molecule has 0 atom stereocenters. The first-order chi connectivity index (χ1) is 12.7. The van der Waals surface area contributed by atoms with E-state index in [0.29, 0.717) is 35.7 Å². The van der Waals surface area contributed by atoms with Crippen LogP contribution >= 0.6 is 0 Å². The molecule has 5 aliphatic carbocycles. The van der Waals surface area contributed by atoms with E-state index in [1.165, 1.54) is 25.7 Å². The standard InChI is InChI=1S/C20H28N4O2/c21-19(25)17-10-22-20(24-18(17)9-16-11-7-12(16)8-11)23-13-1-3-14(4-2-13)26-15-5-6-15/h10-16H,1-9H2,(H2,21,25)(H,22,23,24). The van der Waals surface area contributed by atoms with Crippen LogP contribution in [0.1, 0.15) is 67.4 Å². The first-order valence-corrected chi connectivity index (χ1v) is 10.2. The number of hydrogen-bond acceptors (Lipinski definition) is 5. The molecule has 1 heterocycles. The van der Waals surface area contributed by atoms with Gasteiger partial charge in [-0.3, -0.25) is 4.79 Å². The Balaban J connectivity index is 1.22. The minimum atomic E-state index is -0.419. The summed E-state index contributed by atoms with van der Waals surface area (Å²) in [5.41, 5.74) is 6.86.